The van der Waals surface area contributed by atoms with Crippen molar-refractivity contribution in [1.29, 1.82) is 0 Å². The summed E-state index contributed by atoms with van der Waals surface area (Å²) >= 11 is 3.42. The van der Waals surface area contributed by atoms with Crippen molar-refractivity contribution >= 4 is 15.9 Å². The molecule has 0 saturated carbocycles. The van der Waals surface area contributed by atoms with Crippen LogP contribution in [0.25, 0.3) is 0 Å². The van der Waals surface area contributed by atoms with E-state index in [1.54, 1.807) is 0 Å². The maximum Gasteiger partial charge on any atom is 0.0180 e. The van der Waals surface area contributed by atoms with Crippen LogP contribution in [0, 0.1) is 0 Å². The largest absolute Gasteiger partial charge is 0.326 e. The van der Waals surface area contributed by atoms with E-state index < -0.39 is 0 Å². The third kappa shape index (κ3) is 2.61. The molecule has 0 fully saturated rings. The highest BCUT2D eigenvalue weighted by atomic mass is 79.9. The van der Waals surface area contributed by atoms with Gasteiger partial charge in [0, 0.05) is 11.9 Å². The summed E-state index contributed by atoms with van der Waals surface area (Å²) < 4.78 is 0. The molecule has 1 aromatic rings. The lowest BCUT2D eigenvalue weighted by atomic mass is 10.0. The van der Waals surface area contributed by atoms with Gasteiger partial charge in [0.2, 0.25) is 0 Å². The van der Waals surface area contributed by atoms with Gasteiger partial charge in [-0.15, -0.1) is 0 Å². The molecule has 0 radical (unpaired) electrons. The van der Waals surface area contributed by atoms with Crippen molar-refractivity contribution in [3.63, 3.8) is 0 Å². The number of hydrogen-bond donors (Lipinski definition) is 1. The first-order chi connectivity index (χ1) is 5.88. The SMILES string of the molecule is NCc1ccccc1CCCBr. The van der Waals surface area contributed by atoms with Crippen molar-refractivity contribution in [1.82, 2.24) is 0 Å². The molecule has 0 aliphatic rings. The van der Waals surface area contributed by atoms with Crippen LogP contribution in [-0.2, 0) is 13.0 Å². The highest BCUT2D eigenvalue weighted by Crippen LogP contribution is 2.10. The van der Waals surface area contributed by atoms with Crippen LogP contribution in [0.2, 0.25) is 0 Å². The second-order valence-electron chi connectivity index (χ2n) is 2.77. The Balaban J connectivity index is 2.68. The molecular weight excluding hydrogens is 214 g/mol. The topological polar surface area (TPSA) is 26.0 Å². The summed E-state index contributed by atoms with van der Waals surface area (Å²) in [6, 6.07) is 8.37. The van der Waals surface area contributed by atoms with E-state index in [1.807, 2.05) is 6.07 Å². The molecule has 0 aliphatic heterocycles. The Labute approximate surface area is 82.1 Å². The smallest absolute Gasteiger partial charge is 0.0180 e. The molecule has 0 amide bonds. The summed E-state index contributed by atoms with van der Waals surface area (Å²) in [5, 5.41) is 1.06. The Morgan fingerprint density at radius 1 is 1.17 bits per heavy atom. The van der Waals surface area contributed by atoms with Crippen molar-refractivity contribution in [2.24, 2.45) is 5.73 Å². The van der Waals surface area contributed by atoms with Gasteiger partial charge in [-0.3, -0.25) is 0 Å². The van der Waals surface area contributed by atoms with E-state index >= 15 is 0 Å². The minimum Gasteiger partial charge on any atom is -0.326 e. The van der Waals surface area contributed by atoms with Gasteiger partial charge >= 0.3 is 0 Å². The molecule has 0 aliphatic carbocycles. The van der Waals surface area contributed by atoms with Crippen LogP contribution in [0.1, 0.15) is 17.5 Å². The van der Waals surface area contributed by atoms with E-state index in [9.17, 15) is 0 Å². The van der Waals surface area contributed by atoms with Crippen molar-refractivity contribution in [3.8, 4) is 0 Å². The molecule has 0 spiro atoms. The Morgan fingerprint density at radius 3 is 2.42 bits per heavy atom. The normalized spacial score (nSPS) is 10.2. The maximum absolute atomic E-state index is 5.61. The second-order valence-corrected chi connectivity index (χ2v) is 3.56. The van der Waals surface area contributed by atoms with Gasteiger partial charge in [0.05, 0.1) is 0 Å². The van der Waals surface area contributed by atoms with E-state index in [1.165, 1.54) is 17.5 Å². The molecule has 0 saturated heterocycles. The van der Waals surface area contributed by atoms with Crippen LogP contribution in [-0.4, -0.2) is 5.33 Å². The van der Waals surface area contributed by atoms with Gasteiger partial charge in [-0.1, -0.05) is 40.2 Å². The summed E-state index contributed by atoms with van der Waals surface area (Å²) in [7, 11) is 0. The predicted molar refractivity (Wildman–Crippen MR) is 56.4 cm³/mol. The number of benzene rings is 1. The Morgan fingerprint density at radius 2 is 1.83 bits per heavy atom. The molecule has 2 N–H and O–H groups in total. The van der Waals surface area contributed by atoms with E-state index in [4.69, 9.17) is 5.73 Å². The Kier molecular flexibility index (Phi) is 4.33. The van der Waals surface area contributed by atoms with Crippen LogP contribution in [0.3, 0.4) is 0 Å². The lowest BCUT2D eigenvalue weighted by molar-refractivity contribution is 0.906. The molecular formula is C10H14BrN. The van der Waals surface area contributed by atoms with Gasteiger partial charge in [-0.05, 0) is 24.0 Å². The van der Waals surface area contributed by atoms with E-state index in [2.05, 4.69) is 34.1 Å². The molecule has 66 valence electrons. The zero-order chi connectivity index (χ0) is 8.81. The summed E-state index contributed by atoms with van der Waals surface area (Å²) in [5.41, 5.74) is 8.28. The number of halogens is 1. The standard InChI is InChI=1S/C10H14BrN/c11-7-3-6-9-4-1-2-5-10(9)8-12/h1-2,4-5H,3,6-8,12H2. The molecule has 1 rings (SSSR count). The van der Waals surface area contributed by atoms with Gasteiger partial charge in [0.15, 0.2) is 0 Å². The lowest BCUT2D eigenvalue weighted by Gasteiger charge is -2.05. The summed E-state index contributed by atoms with van der Waals surface area (Å²) in [6.45, 7) is 0.651. The van der Waals surface area contributed by atoms with Crippen molar-refractivity contribution < 1.29 is 0 Å². The Hall–Kier alpha value is -0.340. The van der Waals surface area contributed by atoms with Gasteiger partial charge in [-0.2, -0.15) is 0 Å². The predicted octanol–water partition coefficient (Wildman–Crippen LogP) is 2.47. The number of alkyl halides is 1. The molecule has 1 nitrogen and oxygen atoms in total. The molecule has 0 unspecified atom stereocenters. The molecule has 0 atom stereocenters. The van der Waals surface area contributed by atoms with Crippen molar-refractivity contribution in [3.05, 3.63) is 35.4 Å². The first-order valence-corrected chi connectivity index (χ1v) is 5.33. The summed E-state index contributed by atoms with van der Waals surface area (Å²) in [6.07, 6.45) is 2.30. The third-order valence-corrected chi connectivity index (χ3v) is 2.48. The maximum atomic E-state index is 5.61. The lowest BCUT2D eigenvalue weighted by Crippen LogP contribution is -2.01. The van der Waals surface area contributed by atoms with Gasteiger partial charge in [0.1, 0.15) is 0 Å². The molecule has 0 heterocycles. The minimum absolute atomic E-state index is 0.651. The van der Waals surface area contributed by atoms with E-state index in [0.717, 1.165) is 11.8 Å². The molecule has 0 aromatic heterocycles. The number of aryl methyl sites for hydroxylation is 1. The van der Waals surface area contributed by atoms with Crippen LogP contribution in [0.4, 0.5) is 0 Å². The van der Waals surface area contributed by atoms with Crippen LogP contribution >= 0.6 is 15.9 Å². The molecule has 2 heteroatoms. The van der Waals surface area contributed by atoms with Gasteiger partial charge in [0.25, 0.3) is 0 Å². The van der Waals surface area contributed by atoms with Crippen molar-refractivity contribution in [2.45, 2.75) is 19.4 Å². The van der Waals surface area contributed by atoms with E-state index in [-0.39, 0.29) is 0 Å². The average Bonchev–Trinajstić information content (AvgIpc) is 2.15. The van der Waals surface area contributed by atoms with Gasteiger partial charge < -0.3 is 5.73 Å². The fraction of sp³-hybridized carbons (Fsp3) is 0.400. The first-order valence-electron chi connectivity index (χ1n) is 4.21. The zero-order valence-electron chi connectivity index (χ0n) is 7.09. The summed E-state index contributed by atoms with van der Waals surface area (Å²) in [4.78, 5) is 0. The third-order valence-electron chi connectivity index (χ3n) is 1.92. The van der Waals surface area contributed by atoms with Crippen molar-refractivity contribution in [2.75, 3.05) is 5.33 Å². The fourth-order valence-corrected chi connectivity index (χ4v) is 1.54. The molecule has 12 heavy (non-hydrogen) atoms. The van der Waals surface area contributed by atoms with E-state index in [0.29, 0.717) is 6.54 Å². The Bertz CT molecular complexity index is 235. The second kappa shape index (κ2) is 5.33. The molecule has 1 aromatic carbocycles. The first kappa shape index (κ1) is 9.75. The number of rotatable bonds is 4. The zero-order valence-corrected chi connectivity index (χ0v) is 8.68. The summed E-state index contributed by atoms with van der Waals surface area (Å²) in [5.74, 6) is 0. The van der Waals surface area contributed by atoms with Crippen LogP contribution in [0.5, 0.6) is 0 Å². The highest BCUT2D eigenvalue weighted by Gasteiger charge is 1.97. The van der Waals surface area contributed by atoms with Gasteiger partial charge in [-0.25, -0.2) is 0 Å². The number of hydrogen-bond acceptors (Lipinski definition) is 1. The van der Waals surface area contributed by atoms with Crippen LogP contribution in [0.15, 0.2) is 24.3 Å². The molecule has 0 bridgehead atoms. The fourth-order valence-electron chi connectivity index (χ4n) is 1.26. The number of nitrogens with two attached hydrogens (primary N) is 1. The minimum atomic E-state index is 0.651. The average molecular weight is 228 g/mol. The van der Waals surface area contributed by atoms with Crippen LogP contribution < -0.4 is 5.73 Å². The monoisotopic (exact) mass is 227 g/mol. The highest BCUT2D eigenvalue weighted by molar-refractivity contribution is 9.09. The quantitative estimate of drug-likeness (QED) is 0.787.